The molecule has 0 spiro atoms. The molecule has 0 bridgehead atoms. The maximum atomic E-state index is 13.1. The van der Waals surface area contributed by atoms with Crippen molar-refractivity contribution in [2.45, 2.75) is 425 Å². The maximum absolute atomic E-state index is 13.1. The molecule has 0 aromatic carbocycles. The van der Waals surface area contributed by atoms with Crippen LogP contribution in [0.25, 0.3) is 0 Å². The molecule has 17 nitrogen and oxygen atoms in total. The molecule has 2 unspecified atom stereocenters. The van der Waals surface area contributed by atoms with E-state index >= 15 is 0 Å². The summed E-state index contributed by atoms with van der Waals surface area (Å²) in [7, 11) is -9.90. The number of aliphatic hydroxyl groups excluding tert-OH is 1. The van der Waals surface area contributed by atoms with E-state index < -0.39 is 97.5 Å². The summed E-state index contributed by atoms with van der Waals surface area (Å²) in [5.74, 6) is -1.31. The molecule has 19 heteroatoms. The largest absolute Gasteiger partial charge is 0.472 e. The van der Waals surface area contributed by atoms with Gasteiger partial charge in [-0.3, -0.25) is 37.3 Å². The zero-order chi connectivity index (χ0) is 70.5. The summed E-state index contributed by atoms with van der Waals surface area (Å²) in [6.07, 6.45) is 59.8. The highest BCUT2D eigenvalue weighted by atomic mass is 31.2. The van der Waals surface area contributed by atoms with Gasteiger partial charge in [0.05, 0.1) is 26.4 Å². The van der Waals surface area contributed by atoms with Gasteiger partial charge in [-0.15, -0.1) is 0 Å². The number of phosphoric acid groups is 2. The second kappa shape index (κ2) is 70.1. The Bertz CT molecular complexity index is 1840. The lowest BCUT2D eigenvalue weighted by Gasteiger charge is -2.21. The van der Waals surface area contributed by atoms with Crippen LogP contribution in [0.15, 0.2) is 0 Å². The molecule has 0 aromatic rings. The highest BCUT2D eigenvalue weighted by Crippen LogP contribution is 2.45. The van der Waals surface area contributed by atoms with E-state index in [1.54, 1.807) is 0 Å². The minimum absolute atomic E-state index is 0.106. The molecule has 0 aromatic heterocycles. The molecule has 3 N–H and O–H groups in total. The van der Waals surface area contributed by atoms with Crippen molar-refractivity contribution in [3.63, 3.8) is 0 Å². The lowest BCUT2D eigenvalue weighted by molar-refractivity contribution is -0.161. The zero-order valence-corrected chi connectivity index (χ0v) is 64.3. The van der Waals surface area contributed by atoms with Crippen molar-refractivity contribution in [1.29, 1.82) is 0 Å². The van der Waals surface area contributed by atoms with Crippen LogP contribution in [-0.2, 0) is 65.4 Å². The third-order valence-electron chi connectivity index (χ3n) is 18.0. The monoisotopic (exact) mass is 1410 g/mol. The number of phosphoric ester groups is 2. The molecule has 0 aliphatic heterocycles. The third kappa shape index (κ3) is 70.5. The van der Waals surface area contributed by atoms with Crippen LogP contribution in [0.1, 0.15) is 407 Å². The van der Waals surface area contributed by atoms with E-state index in [4.69, 9.17) is 37.0 Å². The van der Waals surface area contributed by atoms with Gasteiger partial charge >= 0.3 is 39.5 Å². The van der Waals surface area contributed by atoms with E-state index in [2.05, 4.69) is 34.6 Å². The molecule has 0 rings (SSSR count). The van der Waals surface area contributed by atoms with E-state index in [-0.39, 0.29) is 25.7 Å². The molecule has 0 radical (unpaired) electrons. The number of hydrogen-bond donors (Lipinski definition) is 3. The molecule has 96 heavy (non-hydrogen) atoms. The molecule has 5 atom stereocenters. The minimum atomic E-state index is -4.96. The van der Waals surface area contributed by atoms with E-state index in [0.29, 0.717) is 25.7 Å². The molecule has 0 heterocycles. The fraction of sp³-hybridized carbons (Fsp3) is 0.948. The molecule has 0 aliphatic rings. The lowest BCUT2D eigenvalue weighted by atomic mass is 10.0. The normalized spacial score (nSPS) is 13.9. The third-order valence-corrected chi connectivity index (χ3v) is 19.9. The van der Waals surface area contributed by atoms with Crippen molar-refractivity contribution in [2.24, 2.45) is 5.92 Å². The quantitative estimate of drug-likeness (QED) is 0.0222. The summed E-state index contributed by atoms with van der Waals surface area (Å²) in [5.41, 5.74) is 0. The first-order valence-electron chi connectivity index (χ1n) is 40.1. The average Bonchev–Trinajstić information content (AvgIpc) is 1.39. The van der Waals surface area contributed by atoms with E-state index in [1.165, 1.54) is 231 Å². The van der Waals surface area contributed by atoms with Crippen molar-refractivity contribution in [2.75, 3.05) is 39.6 Å². The Morgan fingerprint density at radius 1 is 0.281 bits per heavy atom. The fourth-order valence-corrected chi connectivity index (χ4v) is 13.5. The highest BCUT2D eigenvalue weighted by molar-refractivity contribution is 7.47. The number of carbonyl (C=O) groups excluding carboxylic acids is 4. The summed E-state index contributed by atoms with van der Waals surface area (Å²) < 4.78 is 68.4. The SMILES string of the molecule is CCCCCCCCCCCCCCCCCCCCCCC(=O)O[C@H](COC(=O)CCCCCCCCCCCCCCCCCC(C)C)COP(=O)(O)OC[C@@H](O)COP(=O)(O)OC[C@@H](COC(=O)CCCCCCCCCCC)OC(=O)CCCCCCCCCCC. The Morgan fingerprint density at radius 3 is 0.708 bits per heavy atom. The molecule has 0 aliphatic carbocycles. The van der Waals surface area contributed by atoms with Gasteiger partial charge in [0.15, 0.2) is 12.2 Å². The van der Waals surface area contributed by atoms with Gasteiger partial charge in [0, 0.05) is 25.7 Å². The van der Waals surface area contributed by atoms with Gasteiger partial charge in [0.2, 0.25) is 0 Å². The van der Waals surface area contributed by atoms with Crippen LogP contribution in [0, 0.1) is 5.92 Å². The first-order chi connectivity index (χ1) is 46.5. The summed E-state index contributed by atoms with van der Waals surface area (Å²) in [5, 5.41) is 10.6. The second-order valence-corrected chi connectivity index (χ2v) is 31.1. The highest BCUT2D eigenvalue weighted by Gasteiger charge is 2.30. The predicted octanol–water partition coefficient (Wildman–Crippen LogP) is 22.9. The maximum Gasteiger partial charge on any atom is 0.472 e. The Hall–Kier alpha value is -1.94. The van der Waals surface area contributed by atoms with Gasteiger partial charge in [-0.1, -0.05) is 356 Å². The van der Waals surface area contributed by atoms with Crippen molar-refractivity contribution in [3.05, 3.63) is 0 Å². The number of hydrogen-bond acceptors (Lipinski definition) is 15. The van der Waals surface area contributed by atoms with E-state index in [9.17, 15) is 43.2 Å². The van der Waals surface area contributed by atoms with Gasteiger partial charge in [-0.05, 0) is 31.6 Å². The molecule has 0 fully saturated rings. The standard InChI is InChI=1S/C77H150O17P2/c1-6-9-12-15-18-21-22-23-24-25-26-27-28-31-35-38-43-48-53-58-63-77(82)94-73(67-88-75(80)61-56-51-46-42-37-34-32-29-30-33-36-41-44-49-54-59-70(4)5)69-92-96(85,86)90-65-71(78)64-89-95(83,84)91-68-72(93-76(81)62-57-52-47-40-20-17-14-11-8-3)66-87-74(79)60-55-50-45-39-19-16-13-10-7-2/h70-73,78H,6-69H2,1-5H3,(H,83,84)(H,85,86)/t71-,72+,73+/m0/s1. The van der Waals surface area contributed by atoms with Crippen LogP contribution in [0.4, 0.5) is 0 Å². The smallest absolute Gasteiger partial charge is 0.462 e. The summed E-state index contributed by atoms with van der Waals surface area (Å²) in [6.45, 7) is 7.29. The molecular weight excluding hydrogens is 1260 g/mol. The number of unbranched alkanes of at least 4 members (excludes halogenated alkanes) is 49. The number of rotatable bonds is 77. The topological polar surface area (TPSA) is 237 Å². The number of carbonyl (C=O) groups is 4. The first-order valence-corrected chi connectivity index (χ1v) is 43.1. The van der Waals surface area contributed by atoms with E-state index in [0.717, 1.165) is 95.8 Å². The molecule has 0 amide bonds. The van der Waals surface area contributed by atoms with Crippen LogP contribution in [0.5, 0.6) is 0 Å². The zero-order valence-electron chi connectivity index (χ0n) is 62.5. The summed E-state index contributed by atoms with van der Waals surface area (Å²) in [4.78, 5) is 72.7. The molecule has 0 saturated heterocycles. The molecule has 0 saturated carbocycles. The van der Waals surface area contributed by atoms with Crippen LogP contribution < -0.4 is 0 Å². The Labute approximate surface area is 588 Å². The summed E-state index contributed by atoms with van der Waals surface area (Å²) in [6, 6.07) is 0. The van der Waals surface area contributed by atoms with Crippen molar-refractivity contribution >= 4 is 39.5 Å². The Morgan fingerprint density at radius 2 is 0.479 bits per heavy atom. The van der Waals surface area contributed by atoms with Crippen LogP contribution in [-0.4, -0.2) is 96.7 Å². The van der Waals surface area contributed by atoms with Crippen LogP contribution in [0.2, 0.25) is 0 Å². The van der Waals surface area contributed by atoms with Crippen LogP contribution >= 0.6 is 15.6 Å². The number of ether oxygens (including phenoxy) is 4. The fourth-order valence-electron chi connectivity index (χ4n) is 11.9. The number of esters is 4. The van der Waals surface area contributed by atoms with Crippen molar-refractivity contribution in [3.8, 4) is 0 Å². The van der Waals surface area contributed by atoms with Crippen molar-refractivity contribution < 1.29 is 80.2 Å². The second-order valence-electron chi connectivity index (χ2n) is 28.2. The van der Waals surface area contributed by atoms with E-state index in [1.807, 2.05) is 0 Å². The van der Waals surface area contributed by atoms with Gasteiger partial charge in [0.25, 0.3) is 0 Å². The van der Waals surface area contributed by atoms with Crippen LogP contribution in [0.3, 0.4) is 0 Å². The molecular formula is C77H150O17P2. The molecule has 570 valence electrons. The number of aliphatic hydroxyl groups is 1. The first kappa shape index (κ1) is 94.1. The van der Waals surface area contributed by atoms with Gasteiger partial charge in [-0.25, -0.2) is 9.13 Å². The van der Waals surface area contributed by atoms with Gasteiger partial charge in [-0.2, -0.15) is 0 Å². The van der Waals surface area contributed by atoms with Crippen molar-refractivity contribution in [1.82, 2.24) is 0 Å². The average molecular weight is 1410 g/mol. The van der Waals surface area contributed by atoms with Gasteiger partial charge in [0.1, 0.15) is 19.3 Å². The van der Waals surface area contributed by atoms with Gasteiger partial charge < -0.3 is 33.8 Å². The Balaban J connectivity index is 5.17. The Kier molecular flexibility index (Phi) is 68.7. The summed E-state index contributed by atoms with van der Waals surface area (Å²) >= 11 is 0. The predicted molar refractivity (Wildman–Crippen MR) is 391 cm³/mol. The minimum Gasteiger partial charge on any atom is -0.462 e. The lowest BCUT2D eigenvalue weighted by Crippen LogP contribution is -2.30.